The molecule has 0 atom stereocenters. The van der Waals surface area contributed by atoms with Gasteiger partial charge in [-0.15, -0.1) is 0 Å². The van der Waals surface area contributed by atoms with E-state index in [4.69, 9.17) is 0 Å². The summed E-state index contributed by atoms with van der Waals surface area (Å²) >= 11 is 0. The van der Waals surface area contributed by atoms with Crippen LogP contribution in [0.4, 0.5) is 0 Å². The molecule has 0 aromatic carbocycles. The molecule has 5 nitrogen and oxygen atoms in total. The van der Waals surface area contributed by atoms with Crippen molar-refractivity contribution in [2.24, 2.45) is 7.05 Å². The molecule has 0 saturated heterocycles. The second-order valence-electron chi connectivity index (χ2n) is 5.55. The van der Waals surface area contributed by atoms with Crippen molar-refractivity contribution in [3.63, 3.8) is 0 Å². The predicted octanol–water partition coefficient (Wildman–Crippen LogP) is 1.79. The Morgan fingerprint density at radius 3 is 2.50 bits per heavy atom. The van der Waals surface area contributed by atoms with E-state index in [0.717, 1.165) is 41.9 Å². The lowest BCUT2D eigenvalue weighted by atomic mass is 10.1. The first-order valence-corrected chi connectivity index (χ1v) is 7.21. The Hall–Kier alpha value is -1.75. The highest BCUT2D eigenvalue weighted by atomic mass is 15.3. The quantitative estimate of drug-likeness (QED) is 0.900. The van der Waals surface area contributed by atoms with E-state index in [9.17, 15) is 0 Å². The summed E-state index contributed by atoms with van der Waals surface area (Å²) in [6.45, 7) is 5.14. The average Bonchev–Trinajstić information content (AvgIpc) is 3.12. The van der Waals surface area contributed by atoms with Crippen molar-refractivity contribution >= 4 is 0 Å². The third-order valence-corrected chi connectivity index (χ3v) is 3.75. The molecule has 0 bridgehead atoms. The molecule has 2 aromatic heterocycles. The van der Waals surface area contributed by atoms with Gasteiger partial charge in [-0.2, -0.15) is 5.10 Å². The Kier molecular flexibility index (Phi) is 3.53. The summed E-state index contributed by atoms with van der Waals surface area (Å²) in [7, 11) is 1.90. The highest BCUT2D eigenvalue weighted by molar-refractivity contribution is 5.49. The molecule has 1 aliphatic carbocycles. The Balaban J connectivity index is 1.78. The van der Waals surface area contributed by atoms with Crippen LogP contribution >= 0.6 is 0 Å². The molecule has 0 unspecified atom stereocenters. The van der Waals surface area contributed by atoms with Gasteiger partial charge < -0.3 is 5.32 Å². The van der Waals surface area contributed by atoms with E-state index in [1.165, 1.54) is 18.4 Å². The normalized spacial score (nSPS) is 14.8. The largest absolute Gasteiger partial charge is 0.314 e. The van der Waals surface area contributed by atoms with Crippen molar-refractivity contribution in [3.8, 4) is 11.5 Å². The van der Waals surface area contributed by atoms with Crippen molar-refractivity contribution < 1.29 is 0 Å². The van der Waals surface area contributed by atoms with Gasteiger partial charge in [-0.05, 0) is 51.3 Å². The molecule has 1 fully saturated rings. The van der Waals surface area contributed by atoms with Crippen molar-refractivity contribution in [2.45, 2.75) is 39.2 Å². The lowest BCUT2D eigenvalue weighted by Gasteiger charge is -2.10. The Labute approximate surface area is 119 Å². The number of aryl methyl sites for hydroxylation is 3. The predicted molar refractivity (Wildman–Crippen MR) is 78.4 cm³/mol. The fourth-order valence-corrected chi connectivity index (χ4v) is 2.44. The molecule has 0 radical (unpaired) electrons. The first-order chi connectivity index (χ1) is 9.63. The van der Waals surface area contributed by atoms with E-state index in [-0.39, 0.29) is 0 Å². The number of aromatic nitrogens is 4. The van der Waals surface area contributed by atoms with Crippen LogP contribution in [0.2, 0.25) is 0 Å². The number of nitrogens with zero attached hydrogens (tertiary/aromatic N) is 4. The molecule has 2 heterocycles. The second-order valence-corrected chi connectivity index (χ2v) is 5.55. The fourth-order valence-electron chi connectivity index (χ4n) is 2.44. The molecule has 0 amide bonds. The Morgan fingerprint density at radius 1 is 1.25 bits per heavy atom. The molecule has 0 aliphatic heterocycles. The van der Waals surface area contributed by atoms with Crippen LogP contribution in [0.5, 0.6) is 0 Å². The van der Waals surface area contributed by atoms with Crippen LogP contribution in [-0.4, -0.2) is 32.3 Å². The molecule has 3 rings (SSSR count). The molecule has 1 N–H and O–H groups in total. The van der Waals surface area contributed by atoms with Crippen LogP contribution in [0.15, 0.2) is 12.3 Å². The van der Waals surface area contributed by atoms with Gasteiger partial charge in [0.25, 0.3) is 0 Å². The monoisotopic (exact) mass is 271 g/mol. The van der Waals surface area contributed by atoms with Crippen LogP contribution in [0, 0.1) is 13.8 Å². The lowest BCUT2D eigenvalue weighted by molar-refractivity contribution is 0.675. The summed E-state index contributed by atoms with van der Waals surface area (Å²) in [4.78, 5) is 9.23. The average molecular weight is 271 g/mol. The molecule has 0 spiro atoms. The van der Waals surface area contributed by atoms with Gasteiger partial charge in [-0.3, -0.25) is 4.68 Å². The van der Waals surface area contributed by atoms with E-state index < -0.39 is 0 Å². The molecule has 5 heteroatoms. The highest BCUT2D eigenvalue weighted by Crippen LogP contribution is 2.20. The van der Waals surface area contributed by atoms with Gasteiger partial charge in [0, 0.05) is 30.7 Å². The summed E-state index contributed by atoms with van der Waals surface area (Å²) in [6, 6.07) is 2.70. The van der Waals surface area contributed by atoms with Crippen LogP contribution in [-0.2, 0) is 13.5 Å². The van der Waals surface area contributed by atoms with Crippen molar-refractivity contribution in [1.29, 1.82) is 0 Å². The molecule has 106 valence electrons. The van der Waals surface area contributed by atoms with Gasteiger partial charge in [0.2, 0.25) is 0 Å². The maximum atomic E-state index is 4.62. The minimum absolute atomic E-state index is 0.722. The van der Waals surface area contributed by atoms with Crippen molar-refractivity contribution in [2.75, 3.05) is 6.54 Å². The topological polar surface area (TPSA) is 55.6 Å². The maximum absolute atomic E-state index is 4.62. The summed E-state index contributed by atoms with van der Waals surface area (Å²) in [5.74, 6) is 0.722. The third-order valence-electron chi connectivity index (χ3n) is 3.75. The van der Waals surface area contributed by atoms with Crippen LogP contribution in [0.25, 0.3) is 11.5 Å². The zero-order valence-corrected chi connectivity index (χ0v) is 12.3. The van der Waals surface area contributed by atoms with Crippen LogP contribution in [0.1, 0.15) is 29.8 Å². The fraction of sp³-hybridized carbons (Fsp3) is 0.533. The van der Waals surface area contributed by atoms with Gasteiger partial charge >= 0.3 is 0 Å². The van der Waals surface area contributed by atoms with Gasteiger partial charge in [0.15, 0.2) is 5.82 Å². The van der Waals surface area contributed by atoms with Gasteiger partial charge in [0.1, 0.15) is 5.69 Å². The SMILES string of the molecule is Cc1nc(-c2ccn(C)n2)nc(C)c1CCNC1CC1. The van der Waals surface area contributed by atoms with Crippen LogP contribution in [0.3, 0.4) is 0 Å². The zero-order valence-electron chi connectivity index (χ0n) is 12.3. The first-order valence-electron chi connectivity index (χ1n) is 7.21. The number of hydrogen-bond donors (Lipinski definition) is 1. The molecule has 20 heavy (non-hydrogen) atoms. The van der Waals surface area contributed by atoms with E-state index in [0.29, 0.717) is 0 Å². The van der Waals surface area contributed by atoms with Gasteiger partial charge in [-0.25, -0.2) is 9.97 Å². The Bertz CT molecular complexity index is 589. The van der Waals surface area contributed by atoms with Gasteiger partial charge in [-0.1, -0.05) is 0 Å². The van der Waals surface area contributed by atoms with E-state index >= 15 is 0 Å². The minimum atomic E-state index is 0.722. The number of rotatable bonds is 5. The zero-order chi connectivity index (χ0) is 14.1. The summed E-state index contributed by atoms with van der Waals surface area (Å²) in [6.07, 6.45) is 5.56. The summed E-state index contributed by atoms with van der Waals surface area (Å²) in [5, 5.41) is 7.90. The third kappa shape index (κ3) is 2.88. The summed E-state index contributed by atoms with van der Waals surface area (Å²) < 4.78 is 1.77. The lowest BCUT2D eigenvalue weighted by Crippen LogP contribution is -2.20. The first kappa shape index (κ1) is 13.2. The smallest absolute Gasteiger partial charge is 0.180 e. The molecular formula is C15H21N5. The molecule has 1 saturated carbocycles. The summed E-state index contributed by atoms with van der Waals surface area (Å²) in [5.41, 5.74) is 4.23. The standard InChI is InChI=1S/C15H21N5/c1-10-13(6-8-16-12-4-5-12)11(2)18-15(17-10)14-7-9-20(3)19-14/h7,9,12,16H,4-6,8H2,1-3H3. The van der Waals surface area contributed by atoms with E-state index in [1.54, 1.807) is 4.68 Å². The second kappa shape index (κ2) is 5.32. The minimum Gasteiger partial charge on any atom is -0.314 e. The highest BCUT2D eigenvalue weighted by Gasteiger charge is 2.20. The number of nitrogens with one attached hydrogen (secondary N) is 1. The number of hydrogen-bond acceptors (Lipinski definition) is 4. The molecule has 1 aliphatic rings. The Morgan fingerprint density at radius 2 is 1.95 bits per heavy atom. The van der Waals surface area contributed by atoms with Gasteiger partial charge in [0.05, 0.1) is 0 Å². The van der Waals surface area contributed by atoms with E-state index in [2.05, 4.69) is 34.2 Å². The van der Waals surface area contributed by atoms with Crippen molar-refractivity contribution in [3.05, 3.63) is 29.2 Å². The molecular weight excluding hydrogens is 250 g/mol. The van der Waals surface area contributed by atoms with Crippen LogP contribution < -0.4 is 5.32 Å². The van der Waals surface area contributed by atoms with E-state index in [1.807, 2.05) is 19.3 Å². The molecule has 2 aromatic rings. The van der Waals surface area contributed by atoms with Crippen molar-refractivity contribution in [1.82, 2.24) is 25.1 Å². The maximum Gasteiger partial charge on any atom is 0.180 e.